The molecule has 0 aromatic carbocycles. The zero-order valence-electron chi connectivity index (χ0n) is 7.94. The highest BCUT2D eigenvalue weighted by Gasteiger charge is 2.25. The lowest BCUT2D eigenvalue weighted by molar-refractivity contribution is 0.235. The number of rotatable bonds is 1. The lowest BCUT2D eigenvalue weighted by atomic mass is 9.77. The number of allylic oxidation sites excluding steroid dienone is 2. The Bertz CT molecular complexity index is 193. The summed E-state index contributed by atoms with van der Waals surface area (Å²) in [5, 5.41) is 0. The fourth-order valence-corrected chi connectivity index (χ4v) is 2.67. The molecule has 1 atom stereocenters. The van der Waals surface area contributed by atoms with Crippen LogP contribution in [0.2, 0.25) is 0 Å². The molecule has 12 heavy (non-hydrogen) atoms. The van der Waals surface area contributed by atoms with E-state index in [1.54, 1.807) is 5.57 Å². The van der Waals surface area contributed by atoms with Crippen molar-refractivity contribution in [2.24, 2.45) is 5.92 Å². The number of hydrogen-bond donors (Lipinski definition) is 0. The Morgan fingerprint density at radius 3 is 2.75 bits per heavy atom. The van der Waals surface area contributed by atoms with E-state index in [2.05, 4.69) is 0 Å². The van der Waals surface area contributed by atoms with Crippen molar-refractivity contribution < 1.29 is 4.74 Å². The molecule has 2 aliphatic carbocycles. The Balaban J connectivity index is 2.19. The van der Waals surface area contributed by atoms with Gasteiger partial charge in [-0.2, -0.15) is 0 Å². The number of hydrogen-bond acceptors (Lipinski definition) is 1. The molecule has 0 aliphatic heterocycles. The zero-order valence-corrected chi connectivity index (χ0v) is 7.94. The van der Waals surface area contributed by atoms with Crippen LogP contribution in [0, 0.1) is 5.92 Å². The molecule has 2 aliphatic rings. The van der Waals surface area contributed by atoms with E-state index in [9.17, 15) is 0 Å². The van der Waals surface area contributed by atoms with Crippen LogP contribution >= 0.6 is 0 Å². The summed E-state index contributed by atoms with van der Waals surface area (Å²) in [6, 6.07) is 0. The van der Waals surface area contributed by atoms with Crippen molar-refractivity contribution in [3.8, 4) is 0 Å². The molecule has 1 saturated carbocycles. The van der Waals surface area contributed by atoms with Gasteiger partial charge in [-0.25, -0.2) is 0 Å². The molecule has 0 heterocycles. The maximum atomic E-state index is 5.44. The second-order valence-electron chi connectivity index (χ2n) is 3.99. The van der Waals surface area contributed by atoms with E-state index < -0.39 is 0 Å². The molecule has 2 rings (SSSR count). The lowest BCUT2D eigenvalue weighted by Crippen LogP contribution is -2.17. The maximum Gasteiger partial charge on any atom is 0.0950 e. The third kappa shape index (κ3) is 1.37. The first-order valence-electron chi connectivity index (χ1n) is 5.17. The Morgan fingerprint density at radius 2 is 1.92 bits per heavy atom. The second kappa shape index (κ2) is 3.51. The molecule has 0 amide bonds. The molecular weight excluding hydrogens is 148 g/mol. The topological polar surface area (TPSA) is 9.23 Å². The van der Waals surface area contributed by atoms with Crippen LogP contribution in [0.15, 0.2) is 11.3 Å². The van der Waals surface area contributed by atoms with E-state index in [1.807, 2.05) is 7.11 Å². The predicted octanol–water partition coefficient (Wildman–Crippen LogP) is 3.26. The van der Waals surface area contributed by atoms with E-state index in [4.69, 9.17) is 4.74 Å². The van der Waals surface area contributed by atoms with E-state index in [0.717, 1.165) is 5.92 Å². The van der Waals surface area contributed by atoms with Crippen molar-refractivity contribution in [2.75, 3.05) is 7.11 Å². The Hall–Kier alpha value is -0.460. The summed E-state index contributed by atoms with van der Waals surface area (Å²) in [6.07, 6.45) is 9.52. The van der Waals surface area contributed by atoms with Gasteiger partial charge in [0.1, 0.15) is 0 Å². The van der Waals surface area contributed by atoms with E-state index in [0.29, 0.717) is 0 Å². The fourth-order valence-electron chi connectivity index (χ4n) is 2.67. The van der Waals surface area contributed by atoms with Crippen molar-refractivity contribution in [3.63, 3.8) is 0 Å². The summed E-state index contributed by atoms with van der Waals surface area (Å²) in [6.45, 7) is 0. The van der Waals surface area contributed by atoms with Gasteiger partial charge in [0, 0.05) is 6.42 Å². The zero-order chi connectivity index (χ0) is 8.39. The van der Waals surface area contributed by atoms with Crippen LogP contribution < -0.4 is 0 Å². The quantitative estimate of drug-likeness (QED) is 0.581. The number of fused-ring (bicyclic) bond motifs is 1. The maximum absolute atomic E-state index is 5.44. The standard InChI is InChI=1S/C11H18O/c1-12-11-8-4-6-9-5-2-3-7-10(9)11/h9H,2-8H2,1H3. The van der Waals surface area contributed by atoms with E-state index >= 15 is 0 Å². The lowest BCUT2D eigenvalue weighted by Gasteiger charge is -2.31. The monoisotopic (exact) mass is 166 g/mol. The SMILES string of the molecule is COC1=C2CCCCC2CCC1. The molecule has 0 aromatic rings. The molecule has 0 radical (unpaired) electrons. The van der Waals surface area contributed by atoms with Gasteiger partial charge in [0.15, 0.2) is 0 Å². The van der Waals surface area contributed by atoms with E-state index in [1.165, 1.54) is 50.7 Å². The van der Waals surface area contributed by atoms with Gasteiger partial charge in [0.05, 0.1) is 12.9 Å². The third-order valence-corrected chi connectivity index (χ3v) is 3.30. The summed E-state index contributed by atoms with van der Waals surface area (Å²) in [4.78, 5) is 0. The summed E-state index contributed by atoms with van der Waals surface area (Å²) in [7, 11) is 1.83. The molecule has 1 fully saturated rings. The molecular formula is C11H18O. The first-order chi connectivity index (χ1) is 5.92. The minimum atomic E-state index is 0.891. The Labute approximate surface area is 74.8 Å². The molecule has 1 nitrogen and oxygen atoms in total. The number of ether oxygens (including phenoxy) is 1. The molecule has 1 heteroatoms. The Morgan fingerprint density at radius 1 is 1.08 bits per heavy atom. The summed E-state index contributed by atoms with van der Waals surface area (Å²) >= 11 is 0. The van der Waals surface area contributed by atoms with Gasteiger partial charge < -0.3 is 4.74 Å². The first-order valence-corrected chi connectivity index (χ1v) is 5.17. The molecule has 68 valence electrons. The molecule has 1 unspecified atom stereocenters. The summed E-state index contributed by atoms with van der Waals surface area (Å²) in [5.41, 5.74) is 1.66. The second-order valence-corrected chi connectivity index (χ2v) is 3.99. The van der Waals surface area contributed by atoms with Crippen molar-refractivity contribution in [1.82, 2.24) is 0 Å². The molecule has 0 aromatic heterocycles. The molecule has 0 saturated heterocycles. The van der Waals surface area contributed by atoms with Gasteiger partial charge in [-0.05, 0) is 43.6 Å². The van der Waals surface area contributed by atoms with Crippen LogP contribution in [0.5, 0.6) is 0 Å². The smallest absolute Gasteiger partial charge is 0.0950 e. The minimum absolute atomic E-state index is 0.891. The van der Waals surface area contributed by atoms with Crippen molar-refractivity contribution in [3.05, 3.63) is 11.3 Å². The molecule has 0 spiro atoms. The normalized spacial score (nSPS) is 29.9. The summed E-state index contributed by atoms with van der Waals surface area (Å²) in [5.74, 6) is 2.22. The van der Waals surface area contributed by atoms with Crippen LogP contribution in [0.25, 0.3) is 0 Å². The predicted molar refractivity (Wildman–Crippen MR) is 49.8 cm³/mol. The van der Waals surface area contributed by atoms with Gasteiger partial charge in [-0.15, -0.1) is 0 Å². The van der Waals surface area contributed by atoms with Crippen LogP contribution in [-0.4, -0.2) is 7.11 Å². The van der Waals surface area contributed by atoms with Crippen LogP contribution in [0.1, 0.15) is 44.9 Å². The van der Waals surface area contributed by atoms with Crippen LogP contribution in [0.3, 0.4) is 0 Å². The molecule has 0 bridgehead atoms. The first kappa shape index (κ1) is 8.15. The van der Waals surface area contributed by atoms with Gasteiger partial charge >= 0.3 is 0 Å². The van der Waals surface area contributed by atoms with Gasteiger partial charge in [0.2, 0.25) is 0 Å². The highest BCUT2D eigenvalue weighted by molar-refractivity contribution is 5.17. The van der Waals surface area contributed by atoms with Gasteiger partial charge in [-0.1, -0.05) is 6.42 Å². The summed E-state index contributed by atoms with van der Waals surface area (Å²) < 4.78 is 5.44. The largest absolute Gasteiger partial charge is 0.501 e. The van der Waals surface area contributed by atoms with Crippen molar-refractivity contribution in [1.29, 1.82) is 0 Å². The average molecular weight is 166 g/mol. The highest BCUT2D eigenvalue weighted by atomic mass is 16.5. The minimum Gasteiger partial charge on any atom is -0.501 e. The van der Waals surface area contributed by atoms with Gasteiger partial charge in [-0.3, -0.25) is 0 Å². The third-order valence-electron chi connectivity index (χ3n) is 3.30. The fraction of sp³-hybridized carbons (Fsp3) is 0.818. The Kier molecular flexibility index (Phi) is 2.38. The van der Waals surface area contributed by atoms with Crippen LogP contribution in [0.4, 0.5) is 0 Å². The molecule has 0 N–H and O–H groups in total. The van der Waals surface area contributed by atoms with E-state index in [-0.39, 0.29) is 0 Å². The van der Waals surface area contributed by atoms with Gasteiger partial charge in [0.25, 0.3) is 0 Å². The van der Waals surface area contributed by atoms with Crippen molar-refractivity contribution >= 4 is 0 Å². The van der Waals surface area contributed by atoms with Crippen molar-refractivity contribution in [2.45, 2.75) is 44.9 Å². The highest BCUT2D eigenvalue weighted by Crippen LogP contribution is 2.39. The van der Waals surface area contributed by atoms with Crippen LogP contribution in [-0.2, 0) is 4.74 Å². The number of methoxy groups -OCH3 is 1. The average Bonchev–Trinajstić information content (AvgIpc) is 2.17.